The molecule has 0 radical (unpaired) electrons. The lowest BCUT2D eigenvalue weighted by atomic mass is 9.78. The summed E-state index contributed by atoms with van der Waals surface area (Å²) in [6.45, 7) is 12.2. The van der Waals surface area contributed by atoms with E-state index >= 15 is 0 Å². The molecule has 4 rings (SSSR count). The van der Waals surface area contributed by atoms with Crippen molar-refractivity contribution in [2.75, 3.05) is 26.3 Å². The van der Waals surface area contributed by atoms with Crippen LogP contribution in [0.5, 0.6) is 0 Å². The van der Waals surface area contributed by atoms with Gasteiger partial charge in [0.1, 0.15) is 6.04 Å². The normalized spacial score (nSPS) is 32.0. The van der Waals surface area contributed by atoms with E-state index in [0.717, 1.165) is 32.1 Å². The van der Waals surface area contributed by atoms with Crippen molar-refractivity contribution in [1.29, 1.82) is 0 Å². The third-order valence-electron chi connectivity index (χ3n) is 8.12. The van der Waals surface area contributed by atoms with Gasteiger partial charge in [0.05, 0.1) is 23.2 Å². The minimum atomic E-state index is -0.797. The van der Waals surface area contributed by atoms with Crippen LogP contribution in [0.2, 0.25) is 0 Å². The van der Waals surface area contributed by atoms with E-state index in [4.69, 9.17) is 9.84 Å². The summed E-state index contributed by atoms with van der Waals surface area (Å²) in [6.07, 6.45) is 13.0. The SMILES string of the molecule is CC(C)(C)CC(C)(C)N1CC=C[C@]23S[C@@H]4C=CCCOC(=O)[C@@H]4[C@H]2C(=O)N(CCCCCCO)C3C1=O. The Hall–Kier alpha value is -1.80. The standard InChI is InChI=1S/C29H44N2O5S/c1-27(2,3)19-28(4,5)31-16-12-14-29-22(21-20(37-29)13-8-11-18-36-26(21)35)24(33)30(23(29)25(31)34)15-9-6-7-10-17-32/h8,12-14,20-23,32H,6-7,9-11,15-19H2,1-5H3/t20-,21+,22+,23?,29+/m1/s1. The summed E-state index contributed by atoms with van der Waals surface area (Å²) in [5.41, 5.74) is -0.372. The van der Waals surface area contributed by atoms with Crippen LogP contribution in [0.1, 0.15) is 73.1 Å². The van der Waals surface area contributed by atoms with E-state index in [9.17, 15) is 14.4 Å². The Balaban J connectivity index is 1.73. The molecule has 0 aromatic rings. The Kier molecular flexibility index (Phi) is 8.20. The minimum Gasteiger partial charge on any atom is -0.465 e. The molecule has 0 bridgehead atoms. The van der Waals surface area contributed by atoms with Gasteiger partial charge >= 0.3 is 5.97 Å². The second-order valence-electron chi connectivity index (χ2n) is 12.8. The van der Waals surface area contributed by atoms with Gasteiger partial charge in [-0.15, -0.1) is 11.8 Å². The van der Waals surface area contributed by atoms with Crippen LogP contribution in [0.25, 0.3) is 0 Å². The molecule has 0 aromatic carbocycles. The number of ether oxygens (including phenoxy) is 1. The number of hydrogen-bond donors (Lipinski definition) is 1. The van der Waals surface area contributed by atoms with Gasteiger partial charge in [0, 0.05) is 30.5 Å². The van der Waals surface area contributed by atoms with E-state index in [2.05, 4.69) is 52.8 Å². The highest BCUT2D eigenvalue weighted by Gasteiger charge is 2.71. The van der Waals surface area contributed by atoms with Crippen molar-refractivity contribution in [3.63, 3.8) is 0 Å². The molecule has 5 atom stereocenters. The molecule has 1 spiro atoms. The quantitative estimate of drug-likeness (QED) is 0.289. The number of cyclic esters (lactones) is 1. The number of esters is 1. The van der Waals surface area contributed by atoms with Crippen molar-refractivity contribution in [2.45, 2.75) is 94.7 Å². The number of thioether (sulfide) groups is 1. The molecular weight excluding hydrogens is 488 g/mol. The number of carbonyl (C=O) groups is 3. The predicted molar refractivity (Wildman–Crippen MR) is 146 cm³/mol. The summed E-state index contributed by atoms with van der Waals surface area (Å²) in [5.74, 6) is -1.67. The Labute approximate surface area is 226 Å². The molecular formula is C29H44N2O5S. The van der Waals surface area contributed by atoms with Crippen LogP contribution in [-0.2, 0) is 19.1 Å². The molecule has 0 aliphatic carbocycles. The first-order valence-electron chi connectivity index (χ1n) is 13.8. The molecule has 0 aromatic heterocycles. The molecule has 1 N–H and O–H groups in total. The average molecular weight is 533 g/mol. The molecule has 7 nitrogen and oxygen atoms in total. The highest BCUT2D eigenvalue weighted by atomic mass is 32.2. The predicted octanol–water partition coefficient (Wildman–Crippen LogP) is 3.95. The highest BCUT2D eigenvalue weighted by molar-refractivity contribution is 8.02. The number of rotatable bonds is 8. The second kappa shape index (κ2) is 10.8. The number of likely N-dealkylation sites (tertiary alicyclic amines) is 1. The number of amides is 2. The van der Waals surface area contributed by atoms with Crippen LogP contribution in [0.4, 0.5) is 0 Å². The molecule has 8 heteroatoms. The highest BCUT2D eigenvalue weighted by Crippen LogP contribution is 2.61. The van der Waals surface area contributed by atoms with E-state index in [1.165, 1.54) is 0 Å². The third-order valence-corrected chi connectivity index (χ3v) is 9.87. The summed E-state index contributed by atoms with van der Waals surface area (Å²) < 4.78 is 4.76. The maximum atomic E-state index is 14.5. The van der Waals surface area contributed by atoms with Gasteiger partial charge in [-0.2, -0.15) is 0 Å². The number of nitrogens with zero attached hydrogens (tertiary/aromatic N) is 2. The maximum absolute atomic E-state index is 14.5. The van der Waals surface area contributed by atoms with Crippen LogP contribution < -0.4 is 0 Å². The van der Waals surface area contributed by atoms with Gasteiger partial charge in [-0.05, 0) is 44.9 Å². The molecule has 2 saturated heterocycles. The number of fused-ring (bicyclic) bond motifs is 2. The lowest BCUT2D eigenvalue weighted by Gasteiger charge is -2.44. The third kappa shape index (κ3) is 5.38. The molecule has 2 amide bonds. The van der Waals surface area contributed by atoms with Crippen molar-refractivity contribution in [2.24, 2.45) is 17.3 Å². The van der Waals surface area contributed by atoms with Crippen molar-refractivity contribution < 1.29 is 24.2 Å². The fourth-order valence-electron chi connectivity index (χ4n) is 7.03. The molecule has 4 aliphatic heterocycles. The van der Waals surface area contributed by atoms with E-state index in [-0.39, 0.29) is 35.1 Å². The van der Waals surface area contributed by atoms with E-state index in [0.29, 0.717) is 26.1 Å². The van der Waals surface area contributed by atoms with E-state index in [1.54, 1.807) is 16.7 Å². The molecule has 206 valence electrons. The fourth-order valence-corrected chi connectivity index (χ4v) is 9.03. The topological polar surface area (TPSA) is 87.2 Å². The first kappa shape index (κ1) is 28.2. The van der Waals surface area contributed by atoms with Gasteiger partial charge < -0.3 is 19.6 Å². The molecule has 1 unspecified atom stereocenters. The van der Waals surface area contributed by atoms with Crippen molar-refractivity contribution >= 4 is 29.5 Å². The van der Waals surface area contributed by atoms with Crippen LogP contribution >= 0.6 is 11.8 Å². The van der Waals surface area contributed by atoms with Gasteiger partial charge in [-0.25, -0.2) is 0 Å². The Morgan fingerprint density at radius 1 is 1.05 bits per heavy atom. The van der Waals surface area contributed by atoms with Gasteiger partial charge in [0.2, 0.25) is 11.8 Å². The Morgan fingerprint density at radius 2 is 1.78 bits per heavy atom. The largest absolute Gasteiger partial charge is 0.465 e. The van der Waals surface area contributed by atoms with Gasteiger partial charge in [0.15, 0.2) is 0 Å². The summed E-state index contributed by atoms with van der Waals surface area (Å²) in [6, 6.07) is -0.653. The zero-order valence-electron chi connectivity index (χ0n) is 23.1. The monoisotopic (exact) mass is 532 g/mol. The zero-order valence-corrected chi connectivity index (χ0v) is 23.9. The van der Waals surface area contributed by atoms with Gasteiger partial charge in [-0.3, -0.25) is 14.4 Å². The van der Waals surface area contributed by atoms with Crippen LogP contribution in [0, 0.1) is 17.3 Å². The van der Waals surface area contributed by atoms with Gasteiger partial charge in [0.25, 0.3) is 0 Å². The summed E-state index contributed by atoms with van der Waals surface area (Å²) in [4.78, 5) is 45.6. The molecule has 4 aliphatic rings. The van der Waals surface area contributed by atoms with E-state index < -0.39 is 28.2 Å². The zero-order chi connectivity index (χ0) is 27.0. The number of carbonyl (C=O) groups excluding carboxylic acids is 3. The van der Waals surface area contributed by atoms with Crippen LogP contribution in [0.3, 0.4) is 0 Å². The van der Waals surface area contributed by atoms with Gasteiger partial charge in [-0.1, -0.05) is 57.9 Å². The van der Waals surface area contributed by atoms with Crippen molar-refractivity contribution in [3.05, 3.63) is 24.3 Å². The lowest BCUT2D eigenvalue weighted by molar-refractivity contribution is -0.153. The number of hydrogen-bond acceptors (Lipinski definition) is 6. The first-order chi connectivity index (χ1) is 17.4. The Bertz CT molecular complexity index is 954. The average Bonchev–Trinajstić information content (AvgIpc) is 3.15. The van der Waals surface area contributed by atoms with Crippen molar-refractivity contribution in [3.8, 4) is 0 Å². The Morgan fingerprint density at radius 3 is 2.49 bits per heavy atom. The summed E-state index contributed by atoms with van der Waals surface area (Å²) in [7, 11) is 0. The summed E-state index contributed by atoms with van der Waals surface area (Å²) in [5, 5.41) is 8.94. The van der Waals surface area contributed by atoms with Crippen molar-refractivity contribution in [1.82, 2.24) is 9.80 Å². The fraction of sp³-hybridized carbons (Fsp3) is 0.759. The molecule has 2 fully saturated rings. The van der Waals surface area contributed by atoms with Crippen LogP contribution in [0.15, 0.2) is 24.3 Å². The smallest absolute Gasteiger partial charge is 0.311 e. The first-order valence-corrected chi connectivity index (χ1v) is 14.7. The van der Waals surface area contributed by atoms with Crippen LogP contribution in [-0.4, -0.2) is 80.6 Å². The number of aliphatic hydroxyl groups excluding tert-OH is 1. The second-order valence-corrected chi connectivity index (χ2v) is 14.3. The minimum absolute atomic E-state index is 0.0235. The van der Waals surface area contributed by atoms with E-state index in [1.807, 2.05) is 11.0 Å². The maximum Gasteiger partial charge on any atom is 0.311 e. The number of unbranched alkanes of at least 4 members (excludes halogenated alkanes) is 3. The molecule has 37 heavy (non-hydrogen) atoms. The summed E-state index contributed by atoms with van der Waals surface area (Å²) >= 11 is 1.60. The molecule has 4 heterocycles. The lowest BCUT2D eigenvalue weighted by Crippen LogP contribution is -2.58. The number of aliphatic hydroxyl groups is 1. The molecule has 0 saturated carbocycles.